The second-order valence-corrected chi connectivity index (χ2v) is 14.0. The zero-order chi connectivity index (χ0) is 37.4. The highest BCUT2D eigenvalue weighted by atomic mass is 19.4. The number of aliphatic hydroxyl groups is 2. The Bertz CT molecular complexity index is 2240. The first-order valence-corrected chi connectivity index (χ1v) is 17.7. The standard InChI is InChI=1S/C42H41F3N4O4/c1-25-28(11-12-29-20-39(52-4)30(19-36(29)42(43,44)45)22-49-16-14-32(51)24-49)7-5-8-33(25)34-9-6-10-35(26(34)2)41-47-38-18-27(17-37(46-3)40(38)53-41)21-48-15-13-31(50)23-48/h5-12,17-20,31-32,50-51H,13-16,21-24H2,1-2,4H3/b12-11+/t31-,32-/m1/s1. The summed E-state index contributed by atoms with van der Waals surface area (Å²) in [5, 5.41) is 19.9. The molecule has 2 saturated heterocycles. The molecule has 274 valence electrons. The number of likely N-dealkylation sites (tertiary alicyclic amines) is 2. The van der Waals surface area contributed by atoms with E-state index in [9.17, 15) is 23.4 Å². The van der Waals surface area contributed by atoms with Gasteiger partial charge in [0.15, 0.2) is 5.58 Å². The van der Waals surface area contributed by atoms with Gasteiger partial charge in [-0.1, -0.05) is 42.5 Å². The minimum absolute atomic E-state index is 0.00143. The molecule has 5 aromatic rings. The number of nitrogens with zero attached hydrogens (tertiary/aromatic N) is 4. The third-order valence-electron chi connectivity index (χ3n) is 10.4. The van der Waals surface area contributed by atoms with Crippen molar-refractivity contribution in [1.82, 2.24) is 14.8 Å². The summed E-state index contributed by atoms with van der Waals surface area (Å²) in [5.41, 5.74) is 7.16. The average molecular weight is 723 g/mol. The quantitative estimate of drug-likeness (QED) is 0.116. The Morgan fingerprint density at radius 1 is 0.887 bits per heavy atom. The lowest BCUT2D eigenvalue weighted by molar-refractivity contribution is -0.137. The lowest BCUT2D eigenvalue weighted by Gasteiger charge is -2.20. The maximum absolute atomic E-state index is 14.4. The summed E-state index contributed by atoms with van der Waals surface area (Å²) in [7, 11) is 1.45. The van der Waals surface area contributed by atoms with E-state index in [2.05, 4.69) is 9.74 Å². The van der Waals surface area contributed by atoms with Gasteiger partial charge in [-0.3, -0.25) is 9.80 Å². The fourth-order valence-corrected chi connectivity index (χ4v) is 7.57. The molecule has 0 saturated carbocycles. The van der Waals surface area contributed by atoms with Gasteiger partial charge < -0.3 is 19.4 Å². The monoisotopic (exact) mass is 722 g/mol. The lowest BCUT2D eigenvalue weighted by Crippen LogP contribution is -2.22. The fraction of sp³-hybridized carbons (Fsp3) is 0.333. The Morgan fingerprint density at radius 2 is 1.53 bits per heavy atom. The molecule has 0 aliphatic carbocycles. The van der Waals surface area contributed by atoms with E-state index in [-0.39, 0.29) is 18.2 Å². The summed E-state index contributed by atoms with van der Waals surface area (Å²) in [6.45, 7) is 15.0. The predicted molar refractivity (Wildman–Crippen MR) is 199 cm³/mol. The number of ether oxygens (including phenoxy) is 1. The normalized spacial score (nSPS) is 18.4. The molecule has 4 aromatic carbocycles. The van der Waals surface area contributed by atoms with Crippen LogP contribution in [0.1, 0.15) is 51.8 Å². The van der Waals surface area contributed by atoms with Crippen LogP contribution in [-0.4, -0.2) is 70.5 Å². The minimum atomic E-state index is -4.58. The molecule has 1 aromatic heterocycles. The van der Waals surface area contributed by atoms with E-state index in [1.807, 2.05) is 67.3 Å². The van der Waals surface area contributed by atoms with Crippen LogP contribution >= 0.6 is 0 Å². The number of halogens is 3. The van der Waals surface area contributed by atoms with Gasteiger partial charge in [-0.15, -0.1) is 0 Å². The average Bonchev–Trinajstić information content (AvgIpc) is 3.86. The second-order valence-electron chi connectivity index (χ2n) is 14.0. The number of rotatable bonds is 9. The first-order chi connectivity index (χ1) is 25.4. The van der Waals surface area contributed by atoms with Crippen LogP contribution in [0.3, 0.4) is 0 Å². The van der Waals surface area contributed by atoms with Crippen molar-refractivity contribution >= 4 is 28.9 Å². The van der Waals surface area contributed by atoms with Gasteiger partial charge in [0.05, 0.1) is 37.0 Å². The number of fused-ring (bicyclic) bond motifs is 1. The molecule has 2 aliphatic heterocycles. The molecule has 0 bridgehead atoms. The fourth-order valence-electron chi connectivity index (χ4n) is 7.57. The minimum Gasteiger partial charge on any atom is -0.496 e. The number of methoxy groups -OCH3 is 1. The highest BCUT2D eigenvalue weighted by molar-refractivity contribution is 5.90. The van der Waals surface area contributed by atoms with Crippen molar-refractivity contribution in [2.75, 3.05) is 33.3 Å². The highest BCUT2D eigenvalue weighted by Crippen LogP contribution is 2.40. The Hall–Kier alpha value is -4.99. The number of β-amino-alcohol motifs (C(OH)–C–C–N with tert-alkyl or cyclic N) is 2. The molecule has 0 radical (unpaired) electrons. The van der Waals surface area contributed by atoms with Crippen LogP contribution in [0.4, 0.5) is 18.9 Å². The number of hydrogen-bond acceptors (Lipinski definition) is 7. The highest BCUT2D eigenvalue weighted by Gasteiger charge is 2.34. The molecule has 2 aliphatic rings. The van der Waals surface area contributed by atoms with Gasteiger partial charge in [0.1, 0.15) is 5.75 Å². The number of alkyl halides is 3. The first-order valence-electron chi connectivity index (χ1n) is 17.7. The third kappa shape index (κ3) is 7.59. The van der Waals surface area contributed by atoms with Gasteiger partial charge in [-0.05, 0) is 96.0 Å². The van der Waals surface area contributed by atoms with Gasteiger partial charge >= 0.3 is 6.18 Å². The van der Waals surface area contributed by atoms with Crippen molar-refractivity contribution in [3.63, 3.8) is 0 Å². The largest absolute Gasteiger partial charge is 0.496 e. The number of benzene rings is 4. The van der Waals surface area contributed by atoms with Crippen LogP contribution in [0.15, 0.2) is 65.1 Å². The van der Waals surface area contributed by atoms with Crippen LogP contribution in [0, 0.1) is 20.4 Å². The van der Waals surface area contributed by atoms with E-state index in [4.69, 9.17) is 20.7 Å². The van der Waals surface area contributed by atoms with Gasteiger partial charge in [-0.25, -0.2) is 9.83 Å². The summed E-state index contributed by atoms with van der Waals surface area (Å²) in [4.78, 5) is 12.6. The molecular formula is C42H41F3N4O4. The maximum atomic E-state index is 14.4. The van der Waals surface area contributed by atoms with Crippen molar-refractivity contribution < 1.29 is 32.5 Å². The number of oxazole rings is 1. The maximum Gasteiger partial charge on any atom is 0.417 e. The molecular weight excluding hydrogens is 681 g/mol. The Morgan fingerprint density at radius 3 is 2.17 bits per heavy atom. The van der Waals surface area contributed by atoms with Gasteiger partial charge in [0, 0.05) is 50.4 Å². The molecule has 0 spiro atoms. The molecule has 11 heteroatoms. The van der Waals surface area contributed by atoms with Gasteiger partial charge in [-0.2, -0.15) is 13.2 Å². The van der Waals surface area contributed by atoms with Crippen LogP contribution in [0.25, 0.3) is 50.7 Å². The van der Waals surface area contributed by atoms with Crippen molar-refractivity contribution in [3.05, 3.63) is 111 Å². The number of aliphatic hydroxyl groups excluding tert-OH is 2. The van der Waals surface area contributed by atoms with Crippen molar-refractivity contribution in [2.45, 2.75) is 58.2 Å². The molecule has 0 unspecified atom stereocenters. The van der Waals surface area contributed by atoms with Crippen molar-refractivity contribution in [2.24, 2.45) is 0 Å². The zero-order valence-corrected chi connectivity index (χ0v) is 29.9. The van der Waals surface area contributed by atoms with E-state index < -0.39 is 17.8 Å². The molecule has 0 amide bonds. The molecule has 3 heterocycles. The van der Waals surface area contributed by atoms with Crippen LogP contribution in [0.5, 0.6) is 5.75 Å². The van der Waals surface area contributed by atoms with E-state index in [0.29, 0.717) is 66.6 Å². The molecule has 8 nitrogen and oxygen atoms in total. The van der Waals surface area contributed by atoms with Crippen molar-refractivity contribution in [3.8, 4) is 28.3 Å². The molecule has 53 heavy (non-hydrogen) atoms. The molecule has 2 atom stereocenters. The SMILES string of the molecule is [C-]#[N+]c1cc(CN2CC[C@@H](O)C2)cc2nc(-c3cccc(-c4cccc(/C=C/c5cc(OC)c(CN6CC[C@@H](O)C6)cc5C(F)(F)F)c4C)c3C)oc12. The Labute approximate surface area is 306 Å². The third-order valence-corrected chi connectivity index (χ3v) is 10.4. The summed E-state index contributed by atoms with van der Waals surface area (Å²) >= 11 is 0. The topological polar surface area (TPSA) is 86.6 Å². The van der Waals surface area contributed by atoms with Crippen LogP contribution < -0.4 is 4.74 Å². The van der Waals surface area contributed by atoms with Gasteiger partial charge in [0.2, 0.25) is 11.6 Å². The molecule has 2 N–H and O–H groups in total. The number of aromatic nitrogens is 1. The smallest absolute Gasteiger partial charge is 0.417 e. The van der Waals surface area contributed by atoms with Crippen molar-refractivity contribution in [1.29, 1.82) is 0 Å². The molecule has 2 fully saturated rings. The van der Waals surface area contributed by atoms with E-state index in [0.717, 1.165) is 58.0 Å². The summed E-state index contributed by atoms with van der Waals surface area (Å²) < 4.78 is 55.0. The first kappa shape index (κ1) is 36.4. The van der Waals surface area contributed by atoms with E-state index in [1.54, 1.807) is 6.08 Å². The summed E-state index contributed by atoms with van der Waals surface area (Å²) in [6, 6.07) is 17.9. The predicted octanol–water partition coefficient (Wildman–Crippen LogP) is 8.66. The number of hydrogen-bond donors (Lipinski definition) is 2. The van der Waals surface area contributed by atoms with E-state index >= 15 is 0 Å². The summed E-state index contributed by atoms with van der Waals surface area (Å²) in [6.07, 6.45) is -0.894. The molecule has 7 rings (SSSR count). The Kier molecular flexibility index (Phi) is 10.2. The Balaban J connectivity index is 1.20. The second kappa shape index (κ2) is 14.8. The zero-order valence-electron chi connectivity index (χ0n) is 29.9. The van der Waals surface area contributed by atoms with Crippen LogP contribution in [-0.2, 0) is 19.3 Å². The van der Waals surface area contributed by atoms with Gasteiger partial charge in [0.25, 0.3) is 0 Å². The van der Waals surface area contributed by atoms with E-state index in [1.165, 1.54) is 19.3 Å². The lowest BCUT2D eigenvalue weighted by atomic mass is 9.91. The summed E-state index contributed by atoms with van der Waals surface area (Å²) in [5.74, 6) is 0.756. The van der Waals surface area contributed by atoms with Crippen LogP contribution in [0.2, 0.25) is 0 Å².